The first-order valence-corrected chi connectivity index (χ1v) is 5.42. The zero-order chi connectivity index (χ0) is 7.84. The fourth-order valence-corrected chi connectivity index (χ4v) is 2.67. The van der Waals surface area contributed by atoms with E-state index in [9.17, 15) is 0 Å². The first-order chi connectivity index (χ1) is 5.31. The summed E-state index contributed by atoms with van der Waals surface area (Å²) < 4.78 is 1.23. The Hall–Kier alpha value is 0.140. The first kappa shape index (κ1) is 7.77. The van der Waals surface area contributed by atoms with Crippen LogP contribution in [0.25, 0.3) is 0 Å². The van der Waals surface area contributed by atoms with Gasteiger partial charge in [-0.25, -0.2) is 0 Å². The molecule has 0 aromatic carbocycles. The predicted octanol–water partition coefficient (Wildman–Crippen LogP) is 2.57. The number of rotatable bonds is 2. The molecule has 0 radical (unpaired) electrons. The molecule has 1 aromatic heterocycles. The van der Waals surface area contributed by atoms with Crippen molar-refractivity contribution >= 4 is 27.3 Å². The molecule has 2 N–H and O–H groups in total. The molecule has 1 nitrogen and oxygen atoms in total. The lowest BCUT2D eigenvalue weighted by molar-refractivity contribution is 0.811. The van der Waals surface area contributed by atoms with Crippen LogP contribution in [0.3, 0.4) is 0 Å². The van der Waals surface area contributed by atoms with Crippen LogP contribution in [-0.2, 0) is 0 Å². The molecule has 2 rings (SSSR count). The third kappa shape index (κ3) is 1.50. The lowest BCUT2D eigenvalue weighted by Crippen LogP contribution is -2.01. The quantitative estimate of drug-likeness (QED) is 0.833. The van der Waals surface area contributed by atoms with Gasteiger partial charge in [0.1, 0.15) is 0 Å². The van der Waals surface area contributed by atoms with Gasteiger partial charge in [-0.15, -0.1) is 11.3 Å². The van der Waals surface area contributed by atoms with E-state index >= 15 is 0 Å². The minimum absolute atomic E-state index is 0.761. The summed E-state index contributed by atoms with van der Waals surface area (Å²) in [7, 11) is 0. The molecule has 1 saturated carbocycles. The molecule has 0 amide bonds. The molecule has 2 unspecified atom stereocenters. The monoisotopic (exact) mass is 231 g/mol. The van der Waals surface area contributed by atoms with E-state index in [2.05, 4.69) is 27.4 Å². The highest BCUT2D eigenvalue weighted by atomic mass is 79.9. The lowest BCUT2D eigenvalue weighted by Gasteiger charge is -1.90. The van der Waals surface area contributed by atoms with Crippen molar-refractivity contribution in [2.45, 2.75) is 12.3 Å². The van der Waals surface area contributed by atoms with Crippen LogP contribution in [0.4, 0.5) is 0 Å². The second kappa shape index (κ2) is 2.88. The SMILES string of the molecule is NCC1CC1c1csc(Br)c1. The smallest absolute Gasteiger partial charge is 0.0701 e. The Labute approximate surface area is 78.7 Å². The van der Waals surface area contributed by atoms with Crippen LogP contribution in [-0.4, -0.2) is 6.54 Å². The van der Waals surface area contributed by atoms with E-state index in [-0.39, 0.29) is 0 Å². The van der Waals surface area contributed by atoms with Gasteiger partial charge in [-0.2, -0.15) is 0 Å². The zero-order valence-electron chi connectivity index (χ0n) is 6.09. The van der Waals surface area contributed by atoms with Crippen molar-refractivity contribution in [2.24, 2.45) is 11.7 Å². The molecule has 1 heterocycles. The van der Waals surface area contributed by atoms with Crippen LogP contribution in [0.1, 0.15) is 17.9 Å². The number of hydrogen-bond donors (Lipinski definition) is 1. The van der Waals surface area contributed by atoms with Crippen molar-refractivity contribution < 1.29 is 0 Å². The molecule has 0 aliphatic heterocycles. The maximum absolute atomic E-state index is 5.56. The van der Waals surface area contributed by atoms with Crippen molar-refractivity contribution in [3.05, 3.63) is 20.8 Å². The molecule has 0 spiro atoms. The summed E-state index contributed by atoms with van der Waals surface area (Å²) in [6, 6.07) is 2.21. The Bertz CT molecular complexity index is 258. The van der Waals surface area contributed by atoms with Gasteiger partial charge in [-0.05, 0) is 57.7 Å². The molecular formula is C8H10BrNS. The van der Waals surface area contributed by atoms with Gasteiger partial charge in [0.25, 0.3) is 0 Å². The van der Waals surface area contributed by atoms with E-state index in [0.29, 0.717) is 0 Å². The fraction of sp³-hybridized carbons (Fsp3) is 0.500. The number of thiophene rings is 1. The molecule has 0 bridgehead atoms. The number of hydrogen-bond acceptors (Lipinski definition) is 2. The molecule has 3 heteroatoms. The molecule has 1 aliphatic carbocycles. The van der Waals surface area contributed by atoms with Crippen LogP contribution in [0.2, 0.25) is 0 Å². The Balaban J connectivity index is 2.08. The van der Waals surface area contributed by atoms with Gasteiger partial charge in [-0.1, -0.05) is 0 Å². The van der Waals surface area contributed by atoms with Gasteiger partial charge in [0.15, 0.2) is 0 Å². The summed E-state index contributed by atoms with van der Waals surface area (Å²) in [6.07, 6.45) is 1.29. The molecule has 1 fully saturated rings. The third-order valence-corrected chi connectivity index (χ3v) is 3.76. The average molecular weight is 232 g/mol. The third-order valence-electron chi connectivity index (χ3n) is 2.24. The van der Waals surface area contributed by atoms with Crippen LogP contribution in [0.5, 0.6) is 0 Å². The lowest BCUT2D eigenvalue weighted by atomic mass is 10.2. The van der Waals surface area contributed by atoms with E-state index < -0.39 is 0 Å². The first-order valence-electron chi connectivity index (χ1n) is 3.75. The summed E-state index contributed by atoms with van der Waals surface area (Å²) in [5.41, 5.74) is 7.03. The van der Waals surface area contributed by atoms with Gasteiger partial charge in [-0.3, -0.25) is 0 Å². The van der Waals surface area contributed by atoms with E-state index in [1.165, 1.54) is 15.8 Å². The average Bonchev–Trinajstić information content (AvgIpc) is 2.68. The Morgan fingerprint density at radius 3 is 3.00 bits per heavy atom. The van der Waals surface area contributed by atoms with E-state index in [4.69, 9.17) is 5.73 Å². The van der Waals surface area contributed by atoms with Gasteiger partial charge in [0.05, 0.1) is 3.79 Å². The molecular weight excluding hydrogens is 222 g/mol. The highest BCUT2D eigenvalue weighted by molar-refractivity contribution is 9.11. The zero-order valence-corrected chi connectivity index (χ0v) is 8.49. The van der Waals surface area contributed by atoms with E-state index in [1.807, 2.05) is 0 Å². The fourth-order valence-electron chi connectivity index (χ4n) is 1.43. The highest BCUT2D eigenvalue weighted by Crippen LogP contribution is 2.48. The normalized spacial score (nSPS) is 28.9. The number of nitrogens with two attached hydrogens (primary N) is 1. The summed E-state index contributed by atoms with van der Waals surface area (Å²) >= 11 is 5.22. The van der Waals surface area contributed by atoms with Crippen molar-refractivity contribution in [2.75, 3.05) is 6.54 Å². The molecule has 11 heavy (non-hydrogen) atoms. The maximum Gasteiger partial charge on any atom is 0.0701 e. The van der Waals surface area contributed by atoms with Crippen molar-refractivity contribution in [3.8, 4) is 0 Å². The van der Waals surface area contributed by atoms with Crippen LogP contribution >= 0.6 is 27.3 Å². The van der Waals surface area contributed by atoms with Gasteiger partial charge in [0.2, 0.25) is 0 Å². The topological polar surface area (TPSA) is 26.0 Å². The van der Waals surface area contributed by atoms with Crippen molar-refractivity contribution in [1.29, 1.82) is 0 Å². The largest absolute Gasteiger partial charge is 0.330 e. The minimum atomic E-state index is 0.761. The Kier molecular flexibility index (Phi) is 2.04. The molecule has 0 saturated heterocycles. The van der Waals surface area contributed by atoms with Crippen LogP contribution in [0, 0.1) is 5.92 Å². The van der Waals surface area contributed by atoms with Gasteiger partial charge in [0, 0.05) is 0 Å². The van der Waals surface area contributed by atoms with Crippen molar-refractivity contribution in [3.63, 3.8) is 0 Å². The van der Waals surface area contributed by atoms with Gasteiger partial charge < -0.3 is 5.73 Å². The summed E-state index contributed by atoms with van der Waals surface area (Å²) in [4.78, 5) is 0. The van der Waals surface area contributed by atoms with Crippen LogP contribution in [0.15, 0.2) is 15.2 Å². The predicted molar refractivity (Wildman–Crippen MR) is 51.9 cm³/mol. The molecule has 1 aromatic rings. The second-order valence-corrected chi connectivity index (χ2v) is 5.31. The highest BCUT2D eigenvalue weighted by Gasteiger charge is 2.37. The molecule has 1 aliphatic rings. The minimum Gasteiger partial charge on any atom is -0.330 e. The van der Waals surface area contributed by atoms with E-state index in [0.717, 1.165) is 18.4 Å². The summed E-state index contributed by atoms with van der Waals surface area (Å²) in [6.45, 7) is 0.845. The van der Waals surface area contributed by atoms with Gasteiger partial charge >= 0.3 is 0 Å². The summed E-state index contributed by atoms with van der Waals surface area (Å²) in [5.74, 6) is 1.53. The number of halogens is 1. The maximum atomic E-state index is 5.56. The second-order valence-electron chi connectivity index (χ2n) is 3.02. The summed E-state index contributed by atoms with van der Waals surface area (Å²) in [5, 5.41) is 2.23. The van der Waals surface area contributed by atoms with E-state index in [1.54, 1.807) is 11.3 Å². The molecule has 2 atom stereocenters. The Morgan fingerprint density at radius 1 is 1.73 bits per heavy atom. The van der Waals surface area contributed by atoms with Crippen molar-refractivity contribution in [1.82, 2.24) is 0 Å². The van der Waals surface area contributed by atoms with Crippen LogP contribution < -0.4 is 5.73 Å². The molecule has 60 valence electrons. The standard InChI is InChI=1S/C8H10BrNS/c9-8-2-6(4-11-8)7-1-5(7)3-10/h2,4-5,7H,1,3,10H2. The Morgan fingerprint density at radius 2 is 2.55 bits per heavy atom.